The smallest absolute Gasteiger partial charge is 0.416 e. The van der Waals surface area contributed by atoms with E-state index >= 15 is 0 Å². The highest BCUT2D eigenvalue weighted by atomic mass is 19.4. The number of hydrogen-bond acceptors (Lipinski definition) is 5. The Morgan fingerprint density at radius 2 is 1.88 bits per heavy atom. The van der Waals surface area contributed by atoms with Crippen LogP contribution in [0, 0.1) is 0 Å². The molecule has 0 N–H and O–H groups in total. The van der Waals surface area contributed by atoms with Crippen LogP contribution in [-0.4, -0.2) is 16.4 Å². The molecule has 25 heavy (non-hydrogen) atoms. The second kappa shape index (κ2) is 6.76. The summed E-state index contributed by atoms with van der Waals surface area (Å²) in [6.07, 6.45) is -3.73. The zero-order valence-corrected chi connectivity index (χ0v) is 12.7. The monoisotopic (exact) mass is 348 g/mol. The molecule has 0 saturated carbocycles. The van der Waals surface area contributed by atoms with Crippen molar-refractivity contribution in [3.8, 4) is 17.1 Å². The fraction of sp³-hybridized carbons (Fsp3) is 0.118. The number of nitrogens with zero attached hydrogens (tertiary/aromatic N) is 2. The number of alkyl halides is 3. The summed E-state index contributed by atoms with van der Waals surface area (Å²) in [6.45, 7) is -0.0492. The number of hydrogen-bond donors (Lipinski definition) is 0. The van der Waals surface area contributed by atoms with E-state index in [0.29, 0.717) is 17.6 Å². The van der Waals surface area contributed by atoms with Gasteiger partial charge in [0.2, 0.25) is 5.82 Å². The van der Waals surface area contributed by atoms with Crippen LogP contribution in [0.15, 0.2) is 53.1 Å². The zero-order valence-electron chi connectivity index (χ0n) is 12.7. The summed E-state index contributed by atoms with van der Waals surface area (Å²) in [7, 11) is 0. The summed E-state index contributed by atoms with van der Waals surface area (Å²) < 4.78 is 48.7. The SMILES string of the molecule is O=Cc1ccc(OCc2nc(-c3cccc(C(F)(F)F)c3)no2)cc1. The van der Waals surface area contributed by atoms with Crippen LogP contribution in [-0.2, 0) is 12.8 Å². The maximum absolute atomic E-state index is 12.7. The summed E-state index contributed by atoms with van der Waals surface area (Å²) >= 11 is 0. The van der Waals surface area contributed by atoms with Gasteiger partial charge >= 0.3 is 6.18 Å². The highest BCUT2D eigenvalue weighted by Crippen LogP contribution is 2.31. The Balaban J connectivity index is 1.71. The van der Waals surface area contributed by atoms with Crippen molar-refractivity contribution in [3.63, 3.8) is 0 Å². The first-order chi connectivity index (χ1) is 12.0. The molecule has 0 fully saturated rings. The Morgan fingerprint density at radius 1 is 1.12 bits per heavy atom. The molecule has 0 aliphatic carbocycles. The summed E-state index contributed by atoms with van der Waals surface area (Å²) in [5.74, 6) is 0.650. The number of benzene rings is 2. The Labute approximate surface area is 140 Å². The number of rotatable bonds is 5. The summed E-state index contributed by atoms with van der Waals surface area (Å²) in [6, 6.07) is 11.0. The van der Waals surface area contributed by atoms with Crippen LogP contribution in [0.25, 0.3) is 11.4 Å². The van der Waals surface area contributed by atoms with E-state index in [4.69, 9.17) is 9.26 Å². The molecule has 0 bridgehead atoms. The Bertz CT molecular complexity index is 873. The fourth-order valence-electron chi connectivity index (χ4n) is 2.05. The summed E-state index contributed by atoms with van der Waals surface area (Å²) in [4.78, 5) is 14.6. The minimum Gasteiger partial charge on any atom is -0.484 e. The number of ether oxygens (including phenoxy) is 1. The van der Waals surface area contributed by atoms with E-state index in [-0.39, 0.29) is 23.9 Å². The zero-order chi connectivity index (χ0) is 17.9. The molecule has 5 nitrogen and oxygen atoms in total. The van der Waals surface area contributed by atoms with E-state index in [2.05, 4.69) is 10.1 Å². The molecule has 1 heterocycles. The van der Waals surface area contributed by atoms with Gasteiger partial charge in [-0.05, 0) is 36.4 Å². The molecule has 0 saturated heterocycles. The highest BCUT2D eigenvalue weighted by molar-refractivity contribution is 5.74. The summed E-state index contributed by atoms with van der Waals surface area (Å²) in [5, 5.41) is 3.67. The second-order valence-electron chi connectivity index (χ2n) is 5.07. The third-order valence-corrected chi connectivity index (χ3v) is 3.29. The Kier molecular flexibility index (Phi) is 4.51. The van der Waals surface area contributed by atoms with Crippen molar-refractivity contribution in [2.24, 2.45) is 0 Å². The number of carbonyl (C=O) groups excluding carboxylic acids is 1. The van der Waals surface area contributed by atoms with Crippen molar-refractivity contribution in [1.82, 2.24) is 10.1 Å². The average Bonchev–Trinajstić information content (AvgIpc) is 3.09. The lowest BCUT2D eigenvalue weighted by molar-refractivity contribution is -0.137. The van der Waals surface area contributed by atoms with Crippen LogP contribution in [0.3, 0.4) is 0 Å². The molecular formula is C17H11F3N2O3. The van der Waals surface area contributed by atoms with Crippen molar-refractivity contribution >= 4 is 6.29 Å². The van der Waals surface area contributed by atoms with Crippen molar-refractivity contribution in [2.45, 2.75) is 12.8 Å². The van der Waals surface area contributed by atoms with Crippen molar-refractivity contribution in [2.75, 3.05) is 0 Å². The molecule has 2 aromatic carbocycles. The molecule has 1 aromatic heterocycles. The normalized spacial score (nSPS) is 11.3. The van der Waals surface area contributed by atoms with Crippen molar-refractivity contribution in [3.05, 3.63) is 65.5 Å². The van der Waals surface area contributed by atoms with Crippen LogP contribution in [0.1, 0.15) is 21.8 Å². The molecular weight excluding hydrogens is 337 g/mol. The molecule has 0 spiro atoms. The number of aromatic nitrogens is 2. The molecule has 8 heteroatoms. The maximum Gasteiger partial charge on any atom is 0.416 e. The van der Waals surface area contributed by atoms with Gasteiger partial charge in [-0.1, -0.05) is 17.3 Å². The molecule has 3 aromatic rings. The fourth-order valence-corrected chi connectivity index (χ4v) is 2.05. The van der Waals surface area contributed by atoms with Gasteiger partial charge in [-0.3, -0.25) is 4.79 Å². The lowest BCUT2D eigenvalue weighted by Crippen LogP contribution is -2.04. The molecule has 0 atom stereocenters. The first kappa shape index (κ1) is 16.7. The van der Waals surface area contributed by atoms with E-state index < -0.39 is 11.7 Å². The molecule has 0 aliphatic heterocycles. The van der Waals surface area contributed by atoms with Gasteiger partial charge in [0.15, 0.2) is 6.61 Å². The van der Waals surface area contributed by atoms with E-state index in [0.717, 1.165) is 12.1 Å². The highest BCUT2D eigenvalue weighted by Gasteiger charge is 2.30. The quantitative estimate of drug-likeness (QED) is 0.648. The van der Waals surface area contributed by atoms with E-state index in [1.54, 1.807) is 24.3 Å². The van der Waals surface area contributed by atoms with Crippen LogP contribution in [0.5, 0.6) is 5.75 Å². The van der Waals surface area contributed by atoms with Crippen molar-refractivity contribution < 1.29 is 27.2 Å². The average molecular weight is 348 g/mol. The predicted molar refractivity (Wildman–Crippen MR) is 80.9 cm³/mol. The third kappa shape index (κ3) is 4.03. The van der Waals surface area contributed by atoms with Gasteiger partial charge in [-0.2, -0.15) is 18.2 Å². The van der Waals surface area contributed by atoms with Gasteiger partial charge < -0.3 is 9.26 Å². The largest absolute Gasteiger partial charge is 0.484 e. The molecule has 0 radical (unpaired) electrons. The van der Waals surface area contributed by atoms with Crippen molar-refractivity contribution in [1.29, 1.82) is 0 Å². The minimum atomic E-state index is -4.45. The number of carbonyl (C=O) groups is 1. The van der Waals surface area contributed by atoms with Gasteiger partial charge in [-0.25, -0.2) is 0 Å². The molecule has 0 aliphatic rings. The second-order valence-corrected chi connectivity index (χ2v) is 5.07. The van der Waals surface area contributed by atoms with Gasteiger partial charge in [0.05, 0.1) is 5.56 Å². The van der Waals surface area contributed by atoms with Gasteiger partial charge in [0, 0.05) is 11.1 Å². The maximum atomic E-state index is 12.7. The standard InChI is InChI=1S/C17H11F3N2O3/c18-17(19,20)13-3-1-2-12(8-13)16-21-15(25-22-16)10-24-14-6-4-11(9-23)5-7-14/h1-9H,10H2. The third-order valence-electron chi connectivity index (χ3n) is 3.29. The van der Waals surface area contributed by atoms with Gasteiger partial charge in [0.25, 0.3) is 5.89 Å². The lowest BCUT2D eigenvalue weighted by Gasteiger charge is -2.06. The van der Waals surface area contributed by atoms with Crippen LogP contribution >= 0.6 is 0 Å². The van der Waals surface area contributed by atoms with Crippen LogP contribution < -0.4 is 4.74 Å². The van der Waals surface area contributed by atoms with Crippen LogP contribution in [0.4, 0.5) is 13.2 Å². The molecule has 3 rings (SSSR count). The lowest BCUT2D eigenvalue weighted by atomic mass is 10.1. The summed E-state index contributed by atoms with van der Waals surface area (Å²) in [5.41, 5.74) is -0.0833. The first-order valence-electron chi connectivity index (χ1n) is 7.14. The molecule has 128 valence electrons. The van der Waals surface area contributed by atoms with E-state index in [9.17, 15) is 18.0 Å². The number of halogens is 3. The Morgan fingerprint density at radius 3 is 2.56 bits per heavy atom. The topological polar surface area (TPSA) is 65.2 Å². The van der Waals surface area contributed by atoms with E-state index in [1.807, 2.05) is 0 Å². The molecule has 0 unspecified atom stereocenters. The molecule has 0 amide bonds. The minimum absolute atomic E-state index is 0.0426. The van der Waals surface area contributed by atoms with Crippen LogP contribution in [0.2, 0.25) is 0 Å². The van der Waals surface area contributed by atoms with Gasteiger partial charge in [-0.15, -0.1) is 0 Å². The first-order valence-corrected chi connectivity index (χ1v) is 7.14. The van der Waals surface area contributed by atoms with E-state index in [1.165, 1.54) is 12.1 Å². The van der Waals surface area contributed by atoms with Gasteiger partial charge in [0.1, 0.15) is 12.0 Å². The predicted octanol–water partition coefficient (Wildman–Crippen LogP) is 4.15. The number of aldehydes is 1. The Hall–Kier alpha value is -3.16.